The molecule has 0 aliphatic carbocycles. The SMILES string of the molecule is Cc1nc(C(C)(C)C)nc2sc(C(=O)N3CCO[C@H](C(N)=O)C3)c(C)c12. The molecule has 0 spiro atoms. The van der Waals surface area contributed by atoms with Gasteiger partial charge in [0, 0.05) is 17.3 Å². The van der Waals surface area contributed by atoms with Gasteiger partial charge in [-0.15, -0.1) is 11.3 Å². The van der Waals surface area contributed by atoms with Crippen LogP contribution in [-0.2, 0) is 14.9 Å². The lowest BCUT2D eigenvalue weighted by molar-refractivity contribution is -0.133. The quantitative estimate of drug-likeness (QED) is 0.863. The van der Waals surface area contributed by atoms with Gasteiger partial charge in [0.1, 0.15) is 10.7 Å². The minimum absolute atomic E-state index is 0.114. The monoisotopic (exact) mass is 376 g/mol. The molecule has 26 heavy (non-hydrogen) atoms. The van der Waals surface area contributed by atoms with E-state index in [9.17, 15) is 9.59 Å². The summed E-state index contributed by atoms with van der Waals surface area (Å²) in [7, 11) is 0. The average Bonchev–Trinajstić information content (AvgIpc) is 2.90. The number of fused-ring (bicyclic) bond motifs is 1. The zero-order chi connectivity index (χ0) is 19.2. The van der Waals surface area contributed by atoms with Crippen LogP contribution >= 0.6 is 11.3 Å². The number of ether oxygens (including phenoxy) is 1. The maximum atomic E-state index is 13.0. The van der Waals surface area contributed by atoms with Crippen molar-refractivity contribution >= 4 is 33.4 Å². The summed E-state index contributed by atoms with van der Waals surface area (Å²) in [5, 5.41) is 0.936. The Kier molecular flexibility index (Phi) is 4.74. The van der Waals surface area contributed by atoms with E-state index in [1.54, 1.807) is 4.90 Å². The zero-order valence-corrected chi connectivity index (χ0v) is 16.6. The largest absolute Gasteiger partial charge is 0.367 e. The van der Waals surface area contributed by atoms with Crippen LogP contribution in [0.3, 0.4) is 0 Å². The van der Waals surface area contributed by atoms with Gasteiger partial charge in [-0.05, 0) is 19.4 Å². The molecule has 0 radical (unpaired) electrons. The van der Waals surface area contributed by atoms with Crippen LogP contribution in [0.5, 0.6) is 0 Å². The molecule has 1 aliphatic heterocycles. The summed E-state index contributed by atoms with van der Waals surface area (Å²) in [6.45, 7) is 11.0. The van der Waals surface area contributed by atoms with Crippen LogP contribution in [0, 0.1) is 13.8 Å². The van der Waals surface area contributed by atoms with Crippen LogP contribution in [0.25, 0.3) is 10.2 Å². The molecule has 1 atom stereocenters. The van der Waals surface area contributed by atoms with Gasteiger partial charge >= 0.3 is 0 Å². The van der Waals surface area contributed by atoms with Crippen molar-refractivity contribution < 1.29 is 14.3 Å². The number of hydrogen-bond donors (Lipinski definition) is 1. The summed E-state index contributed by atoms with van der Waals surface area (Å²) < 4.78 is 5.33. The number of morpholine rings is 1. The Morgan fingerprint density at radius 3 is 2.58 bits per heavy atom. The Morgan fingerprint density at radius 1 is 1.27 bits per heavy atom. The lowest BCUT2D eigenvalue weighted by Gasteiger charge is -2.31. The molecular weight excluding hydrogens is 352 g/mol. The number of amides is 2. The van der Waals surface area contributed by atoms with Gasteiger partial charge in [0.25, 0.3) is 5.91 Å². The average molecular weight is 376 g/mol. The van der Waals surface area contributed by atoms with Crippen molar-refractivity contribution in [3.05, 3.63) is 22.0 Å². The first-order valence-electron chi connectivity index (χ1n) is 8.58. The third-order valence-electron chi connectivity index (χ3n) is 4.51. The van der Waals surface area contributed by atoms with Crippen molar-refractivity contribution in [2.45, 2.75) is 46.1 Å². The van der Waals surface area contributed by atoms with E-state index in [1.165, 1.54) is 11.3 Å². The van der Waals surface area contributed by atoms with Crippen molar-refractivity contribution in [2.75, 3.05) is 19.7 Å². The molecule has 0 unspecified atom stereocenters. The van der Waals surface area contributed by atoms with Gasteiger partial charge in [-0.2, -0.15) is 0 Å². The Morgan fingerprint density at radius 2 is 1.96 bits per heavy atom. The molecule has 1 fully saturated rings. The second-order valence-electron chi connectivity index (χ2n) is 7.63. The number of nitrogens with zero attached hydrogens (tertiary/aromatic N) is 3. The van der Waals surface area contributed by atoms with E-state index in [4.69, 9.17) is 15.5 Å². The van der Waals surface area contributed by atoms with Gasteiger partial charge < -0.3 is 15.4 Å². The fourth-order valence-electron chi connectivity index (χ4n) is 3.03. The number of rotatable bonds is 2. The maximum absolute atomic E-state index is 13.0. The molecular formula is C18H24N4O3S. The van der Waals surface area contributed by atoms with Gasteiger partial charge in [0.05, 0.1) is 23.7 Å². The summed E-state index contributed by atoms with van der Waals surface area (Å²) in [5.74, 6) is 0.103. The highest BCUT2D eigenvalue weighted by Gasteiger charge is 2.31. The highest BCUT2D eigenvalue weighted by molar-refractivity contribution is 7.20. The number of thiophene rings is 1. The number of aryl methyl sites for hydroxylation is 2. The minimum Gasteiger partial charge on any atom is -0.367 e. The van der Waals surface area contributed by atoms with Crippen molar-refractivity contribution in [1.29, 1.82) is 0 Å². The second-order valence-corrected chi connectivity index (χ2v) is 8.63. The Balaban J connectivity index is 2.00. The zero-order valence-electron chi connectivity index (χ0n) is 15.8. The summed E-state index contributed by atoms with van der Waals surface area (Å²) in [5.41, 5.74) is 6.92. The molecule has 2 amide bonds. The molecule has 3 heterocycles. The molecule has 8 heteroatoms. The molecule has 0 saturated carbocycles. The fourth-order valence-corrected chi connectivity index (χ4v) is 4.23. The van der Waals surface area contributed by atoms with E-state index >= 15 is 0 Å². The minimum atomic E-state index is -0.753. The number of aromatic nitrogens is 2. The third-order valence-corrected chi connectivity index (χ3v) is 5.68. The normalized spacial score (nSPS) is 18.3. The lowest BCUT2D eigenvalue weighted by Crippen LogP contribution is -2.50. The summed E-state index contributed by atoms with van der Waals surface area (Å²) in [6.07, 6.45) is -0.753. The van der Waals surface area contributed by atoms with E-state index in [1.807, 2.05) is 13.8 Å². The Bertz CT molecular complexity index is 885. The summed E-state index contributed by atoms with van der Waals surface area (Å²) >= 11 is 1.38. The van der Waals surface area contributed by atoms with E-state index in [0.29, 0.717) is 18.0 Å². The molecule has 2 aromatic rings. The van der Waals surface area contributed by atoms with Crippen LogP contribution in [0.4, 0.5) is 0 Å². The van der Waals surface area contributed by atoms with E-state index in [0.717, 1.165) is 27.3 Å². The molecule has 0 bridgehead atoms. The molecule has 2 aromatic heterocycles. The summed E-state index contributed by atoms with van der Waals surface area (Å²) in [4.78, 5) is 36.8. The third kappa shape index (κ3) is 3.31. The molecule has 1 aliphatic rings. The maximum Gasteiger partial charge on any atom is 0.264 e. The van der Waals surface area contributed by atoms with Crippen LogP contribution in [0.1, 0.15) is 47.5 Å². The van der Waals surface area contributed by atoms with E-state index in [-0.39, 0.29) is 17.9 Å². The van der Waals surface area contributed by atoms with Gasteiger partial charge in [0.15, 0.2) is 6.10 Å². The predicted molar refractivity (Wildman–Crippen MR) is 100 cm³/mol. The lowest BCUT2D eigenvalue weighted by atomic mass is 9.95. The van der Waals surface area contributed by atoms with Gasteiger partial charge in [-0.1, -0.05) is 20.8 Å². The molecule has 0 aromatic carbocycles. The van der Waals surface area contributed by atoms with Crippen LogP contribution in [0.15, 0.2) is 0 Å². The first-order valence-corrected chi connectivity index (χ1v) is 9.39. The first kappa shape index (κ1) is 18.7. The highest BCUT2D eigenvalue weighted by atomic mass is 32.1. The van der Waals surface area contributed by atoms with Gasteiger partial charge in [0.2, 0.25) is 5.91 Å². The van der Waals surface area contributed by atoms with Crippen LogP contribution in [-0.4, -0.2) is 52.5 Å². The Labute approximate surface area is 156 Å². The fraction of sp³-hybridized carbons (Fsp3) is 0.556. The van der Waals surface area contributed by atoms with Crippen molar-refractivity contribution in [1.82, 2.24) is 14.9 Å². The molecule has 7 nitrogen and oxygen atoms in total. The topological polar surface area (TPSA) is 98.4 Å². The van der Waals surface area contributed by atoms with Crippen molar-refractivity contribution in [3.63, 3.8) is 0 Å². The second kappa shape index (κ2) is 6.59. The number of primary amides is 1. The number of carbonyl (C=O) groups is 2. The number of carbonyl (C=O) groups excluding carboxylic acids is 2. The van der Waals surface area contributed by atoms with Gasteiger partial charge in [-0.3, -0.25) is 9.59 Å². The Hall–Kier alpha value is -2.06. The molecule has 140 valence electrons. The molecule has 1 saturated heterocycles. The summed E-state index contributed by atoms with van der Waals surface area (Å²) in [6, 6.07) is 0. The predicted octanol–water partition coefficient (Wildman–Crippen LogP) is 1.93. The van der Waals surface area contributed by atoms with Crippen LogP contribution < -0.4 is 5.73 Å². The van der Waals surface area contributed by atoms with Crippen molar-refractivity contribution in [3.8, 4) is 0 Å². The van der Waals surface area contributed by atoms with Crippen molar-refractivity contribution in [2.24, 2.45) is 5.73 Å². The number of nitrogens with two attached hydrogens (primary N) is 1. The van der Waals surface area contributed by atoms with Crippen LogP contribution in [0.2, 0.25) is 0 Å². The smallest absolute Gasteiger partial charge is 0.264 e. The molecule has 3 rings (SSSR count). The van der Waals surface area contributed by atoms with E-state index < -0.39 is 12.0 Å². The standard InChI is InChI=1S/C18H24N4O3S/c1-9-12-10(2)20-17(18(3,4)5)21-15(12)26-13(9)16(24)22-6-7-25-11(8-22)14(19)23/h11H,6-8H2,1-5H3,(H2,19,23)/t11-/m0/s1. The van der Waals surface area contributed by atoms with E-state index in [2.05, 4.69) is 25.8 Å². The van der Waals surface area contributed by atoms with Gasteiger partial charge in [-0.25, -0.2) is 9.97 Å². The first-order chi connectivity index (χ1) is 12.1. The number of hydrogen-bond acceptors (Lipinski definition) is 6. The molecule has 2 N–H and O–H groups in total. The highest BCUT2D eigenvalue weighted by Crippen LogP contribution is 2.34.